The molecule has 1 N–H and O–H groups in total. The minimum Gasteiger partial charge on any atom is -0.497 e. The van der Waals surface area contributed by atoms with Crippen LogP contribution < -0.4 is 24.3 Å². The Balaban J connectivity index is 1.25. The van der Waals surface area contributed by atoms with E-state index in [-0.39, 0.29) is 6.01 Å². The lowest BCUT2D eigenvalue weighted by molar-refractivity contribution is 0.221. The van der Waals surface area contributed by atoms with Crippen molar-refractivity contribution in [1.29, 1.82) is 0 Å². The minimum absolute atomic E-state index is 0.199. The van der Waals surface area contributed by atoms with Crippen LogP contribution in [0.4, 0.5) is 5.69 Å². The molecule has 0 spiro atoms. The number of hydrogen-bond acceptors (Lipinski definition) is 8. The van der Waals surface area contributed by atoms with Crippen molar-refractivity contribution in [3.63, 3.8) is 0 Å². The topological polar surface area (TPSA) is 78.0 Å². The van der Waals surface area contributed by atoms with Crippen molar-refractivity contribution in [1.82, 2.24) is 14.9 Å². The van der Waals surface area contributed by atoms with Crippen LogP contribution in [-0.2, 0) is 6.42 Å². The lowest BCUT2D eigenvalue weighted by atomic mass is 10.0. The Morgan fingerprint density at radius 3 is 1.97 bits per heavy atom. The highest BCUT2D eigenvalue weighted by Gasteiger charge is 2.21. The second-order valence-corrected chi connectivity index (χ2v) is 9.42. The van der Waals surface area contributed by atoms with Crippen LogP contribution in [0.15, 0.2) is 85.1 Å². The van der Waals surface area contributed by atoms with Crippen LogP contribution in [-0.4, -0.2) is 54.8 Å². The number of nitrogens with zero attached hydrogens (tertiary/aromatic N) is 3. The molecule has 1 aliphatic heterocycles. The van der Waals surface area contributed by atoms with E-state index in [0.29, 0.717) is 23.4 Å². The first kappa shape index (κ1) is 26.3. The van der Waals surface area contributed by atoms with Gasteiger partial charge in [0.05, 0.1) is 20.4 Å². The molecule has 8 nitrogen and oxygen atoms in total. The van der Waals surface area contributed by atoms with E-state index in [2.05, 4.69) is 50.5 Å². The number of methoxy groups -OCH3 is 2. The largest absolute Gasteiger partial charge is 0.497 e. The van der Waals surface area contributed by atoms with Crippen molar-refractivity contribution in [2.75, 3.05) is 39.2 Å². The highest BCUT2D eigenvalue weighted by Crippen LogP contribution is 2.32. The Bertz CT molecular complexity index is 1310. The Hall–Kier alpha value is -4.30. The summed E-state index contributed by atoms with van der Waals surface area (Å²) in [4.78, 5) is 11.6. The number of likely N-dealkylation sites (tertiary alicyclic amines) is 1. The number of rotatable bonds is 11. The predicted molar refractivity (Wildman–Crippen MR) is 151 cm³/mol. The maximum Gasteiger partial charge on any atom is 0.325 e. The van der Waals surface area contributed by atoms with Gasteiger partial charge >= 0.3 is 6.01 Å². The van der Waals surface area contributed by atoms with Gasteiger partial charge in [0.1, 0.15) is 28.7 Å². The molecule has 0 unspecified atom stereocenters. The molecule has 4 aromatic rings. The molecule has 2 heterocycles. The fourth-order valence-corrected chi connectivity index (χ4v) is 4.53. The number of nitrogens with one attached hydrogen (secondary N) is 1. The third kappa shape index (κ3) is 7.39. The molecule has 3 aromatic carbocycles. The third-order valence-corrected chi connectivity index (χ3v) is 6.78. The fourth-order valence-electron chi connectivity index (χ4n) is 4.53. The van der Waals surface area contributed by atoms with Crippen LogP contribution in [0.3, 0.4) is 0 Å². The summed E-state index contributed by atoms with van der Waals surface area (Å²) in [7, 11) is 3.26. The summed E-state index contributed by atoms with van der Waals surface area (Å²) in [5, 5.41) is 3.62. The molecular weight excluding hydrogens is 492 g/mol. The molecule has 39 heavy (non-hydrogen) atoms. The molecule has 0 saturated carbocycles. The predicted octanol–water partition coefficient (Wildman–Crippen LogP) is 6.20. The summed E-state index contributed by atoms with van der Waals surface area (Å²) in [5.74, 6) is 3.16. The minimum atomic E-state index is 0.199. The van der Waals surface area contributed by atoms with Gasteiger partial charge < -0.3 is 29.2 Å². The number of piperidine rings is 1. The molecule has 5 rings (SSSR count). The highest BCUT2D eigenvalue weighted by molar-refractivity contribution is 5.54. The Morgan fingerprint density at radius 2 is 1.36 bits per heavy atom. The van der Waals surface area contributed by atoms with Gasteiger partial charge in [0, 0.05) is 25.7 Å². The van der Waals surface area contributed by atoms with Gasteiger partial charge in [-0.05, 0) is 73.4 Å². The molecule has 1 aliphatic rings. The SMILES string of the molecule is COc1ccc(Oc2ncc(NC3CCN(CCc4ccccc4)CC3)c(Oc3ccc(OC)cc3)n2)cc1. The molecule has 0 amide bonds. The Morgan fingerprint density at radius 1 is 0.769 bits per heavy atom. The summed E-state index contributed by atoms with van der Waals surface area (Å²) in [6, 6.07) is 25.8. The molecule has 8 heteroatoms. The van der Waals surface area contributed by atoms with Gasteiger partial charge in [-0.3, -0.25) is 0 Å². The van der Waals surface area contributed by atoms with Crippen molar-refractivity contribution in [2.24, 2.45) is 0 Å². The van der Waals surface area contributed by atoms with Gasteiger partial charge in [0.25, 0.3) is 0 Å². The van der Waals surface area contributed by atoms with Crippen LogP contribution in [0.1, 0.15) is 18.4 Å². The zero-order chi connectivity index (χ0) is 26.9. The lowest BCUT2D eigenvalue weighted by Crippen LogP contribution is -2.40. The molecule has 0 radical (unpaired) electrons. The number of anilines is 1. The Kier molecular flexibility index (Phi) is 8.75. The first-order valence-corrected chi connectivity index (χ1v) is 13.2. The summed E-state index contributed by atoms with van der Waals surface area (Å²) in [6.07, 6.45) is 4.86. The van der Waals surface area contributed by atoms with E-state index in [9.17, 15) is 0 Å². The average Bonchev–Trinajstić information content (AvgIpc) is 2.99. The number of benzene rings is 3. The van der Waals surface area contributed by atoms with E-state index in [4.69, 9.17) is 18.9 Å². The smallest absolute Gasteiger partial charge is 0.325 e. The van der Waals surface area contributed by atoms with Crippen LogP contribution in [0.2, 0.25) is 0 Å². The van der Waals surface area contributed by atoms with Crippen molar-refractivity contribution in [2.45, 2.75) is 25.3 Å². The quantitative estimate of drug-likeness (QED) is 0.248. The van der Waals surface area contributed by atoms with Gasteiger partial charge in [-0.25, -0.2) is 4.98 Å². The summed E-state index contributed by atoms with van der Waals surface area (Å²) < 4.78 is 22.6. The first-order chi connectivity index (χ1) is 19.2. The van der Waals surface area contributed by atoms with Gasteiger partial charge in [-0.15, -0.1) is 0 Å². The molecule has 1 fully saturated rings. The van der Waals surface area contributed by atoms with Gasteiger partial charge in [-0.1, -0.05) is 30.3 Å². The second-order valence-electron chi connectivity index (χ2n) is 9.42. The van der Waals surface area contributed by atoms with E-state index < -0.39 is 0 Å². The molecule has 1 aromatic heterocycles. The number of ether oxygens (including phenoxy) is 4. The van der Waals surface area contributed by atoms with E-state index >= 15 is 0 Å². The molecule has 1 saturated heterocycles. The van der Waals surface area contributed by atoms with Crippen LogP contribution >= 0.6 is 0 Å². The van der Waals surface area contributed by atoms with E-state index in [1.807, 2.05) is 48.5 Å². The molecule has 0 bridgehead atoms. The fraction of sp³-hybridized carbons (Fsp3) is 0.290. The standard InChI is InChI=1S/C31H34N4O4/c1-36-25-8-12-27(13-9-25)38-30-29(22-32-31(34-30)39-28-14-10-26(37-2)11-15-28)33-24-17-20-35(21-18-24)19-16-23-6-4-3-5-7-23/h3-15,22,24,33H,16-21H2,1-2H3. The van der Waals surface area contributed by atoms with E-state index in [1.54, 1.807) is 20.4 Å². The first-order valence-electron chi connectivity index (χ1n) is 13.2. The third-order valence-electron chi connectivity index (χ3n) is 6.78. The maximum absolute atomic E-state index is 6.19. The number of hydrogen-bond donors (Lipinski definition) is 1. The zero-order valence-corrected chi connectivity index (χ0v) is 22.4. The molecule has 0 atom stereocenters. The van der Waals surface area contributed by atoms with Gasteiger partial charge in [0.2, 0.25) is 5.88 Å². The van der Waals surface area contributed by atoms with Crippen molar-refractivity contribution in [3.05, 3.63) is 90.6 Å². The number of aromatic nitrogens is 2. The van der Waals surface area contributed by atoms with E-state index in [0.717, 1.165) is 56.1 Å². The lowest BCUT2D eigenvalue weighted by Gasteiger charge is -2.33. The van der Waals surface area contributed by atoms with Crippen molar-refractivity contribution in [3.8, 4) is 34.9 Å². The molecular formula is C31H34N4O4. The zero-order valence-electron chi connectivity index (χ0n) is 22.4. The monoisotopic (exact) mass is 526 g/mol. The van der Waals surface area contributed by atoms with Crippen LogP contribution in [0, 0.1) is 0 Å². The molecule has 202 valence electrons. The molecule has 0 aliphatic carbocycles. The highest BCUT2D eigenvalue weighted by atomic mass is 16.5. The van der Waals surface area contributed by atoms with E-state index in [1.165, 1.54) is 5.56 Å². The van der Waals surface area contributed by atoms with Gasteiger partial charge in [0.15, 0.2) is 0 Å². The second kappa shape index (κ2) is 13.0. The van der Waals surface area contributed by atoms with Gasteiger partial charge in [-0.2, -0.15) is 4.98 Å². The summed E-state index contributed by atoms with van der Waals surface area (Å²) in [5.41, 5.74) is 2.11. The van der Waals surface area contributed by atoms with Crippen molar-refractivity contribution >= 4 is 5.69 Å². The van der Waals surface area contributed by atoms with Crippen LogP contribution in [0.25, 0.3) is 0 Å². The Labute approximate surface area is 229 Å². The maximum atomic E-state index is 6.19. The normalized spacial score (nSPS) is 14.0. The van der Waals surface area contributed by atoms with Crippen LogP contribution in [0.5, 0.6) is 34.9 Å². The summed E-state index contributed by atoms with van der Waals surface area (Å²) in [6.45, 7) is 3.15. The van der Waals surface area contributed by atoms with Crippen molar-refractivity contribution < 1.29 is 18.9 Å². The summed E-state index contributed by atoms with van der Waals surface area (Å²) >= 11 is 0. The average molecular weight is 527 g/mol.